The summed E-state index contributed by atoms with van der Waals surface area (Å²) >= 11 is 3.51. The summed E-state index contributed by atoms with van der Waals surface area (Å²) < 4.78 is 6.04. The topological polar surface area (TPSA) is 50.8 Å². The van der Waals surface area contributed by atoms with E-state index in [0.29, 0.717) is 5.88 Å². The quantitative estimate of drug-likeness (QED) is 0.784. The van der Waals surface area contributed by atoms with Gasteiger partial charge in [0.2, 0.25) is 5.88 Å². The molecule has 19 heavy (non-hydrogen) atoms. The summed E-state index contributed by atoms with van der Waals surface area (Å²) in [6.45, 7) is 2.07. The fraction of sp³-hybridized carbons (Fsp3) is 0.143. The predicted octanol–water partition coefficient (Wildman–Crippen LogP) is 3.70. The first-order valence-electron chi connectivity index (χ1n) is 5.83. The molecule has 5 heteroatoms. The van der Waals surface area contributed by atoms with Gasteiger partial charge < -0.3 is 9.72 Å². The molecule has 0 bridgehead atoms. The average Bonchev–Trinajstić information content (AvgIpc) is 2.84. The van der Waals surface area contributed by atoms with E-state index >= 15 is 0 Å². The van der Waals surface area contributed by atoms with Crippen molar-refractivity contribution in [2.75, 3.05) is 7.11 Å². The van der Waals surface area contributed by atoms with E-state index in [9.17, 15) is 0 Å². The van der Waals surface area contributed by atoms with Crippen LogP contribution in [-0.2, 0) is 0 Å². The maximum atomic E-state index is 5.20. The Morgan fingerprint density at radius 2 is 2.16 bits per heavy atom. The molecule has 3 aromatic rings. The molecule has 0 saturated carbocycles. The Morgan fingerprint density at radius 1 is 1.32 bits per heavy atom. The van der Waals surface area contributed by atoms with Crippen LogP contribution in [0.2, 0.25) is 0 Å². The molecular formula is C14H12BrN3O. The molecule has 0 aromatic carbocycles. The van der Waals surface area contributed by atoms with E-state index in [1.165, 1.54) is 5.56 Å². The minimum Gasteiger partial charge on any atom is -0.480 e. The number of aryl methyl sites for hydroxylation is 1. The lowest BCUT2D eigenvalue weighted by Gasteiger charge is -2.02. The summed E-state index contributed by atoms with van der Waals surface area (Å²) in [6, 6.07) is 4.06. The average molecular weight is 318 g/mol. The Kier molecular flexibility index (Phi) is 2.98. The van der Waals surface area contributed by atoms with E-state index in [2.05, 4.69) is 43.9 Å². The monoisotopic (exact) mass is 317 g/mol. The second kappa shape index (κ2) is 4.66. The van der Waals surface area contributed by atoms with E-state index in [1.807, 2.05) is 12.3 Å². The molecule has 0 atom stereocenters. The minimum atomic E-state index is 0.573. The van der Waals surface area contributed by atoms with Crippen molar-refractivity contribution in [1.82, 2.24) is 15.0 Å². The van der Waals surface area contributed by atoms with E-state index in [-0.39, 0.29) is 0 Å². The highest BCUT2D eigenvalue weighted by Gasteiger charge is 2.12. The Bertz CT molecular complexity index is 752. The van der Waals surface area contributed by atoms with Crippen molar-refractivity contribution in [2.24, 2.45) is 0 Å². The van der Waals surface area contributed by atoms with Gasteiger partial charge in [-0.25, -0.2) is 4.98 Å². The number of nitrogens with one attached hydrogen (secondary N) is 1. The Morgan fingerprint density at radius 3 is 2.89 bits per heavy atom. The summed E-state index contributed by atoms with van der Waals surface area (Å²) in [6.07, 6.45) is 5.45. The third kappa shape index (κ3) is 2.00. The zero-order valence-corrected chi connectivity index (χ0v) is 12.2. The van der Waals surface area contributed by atoms with Crippen molar-refractivity contribution in [2.45, 2.75) is 6.92 Å². The number of fused-ring (bicyclic) bond motifs is 1. The minimum absolute atomic E-state index is 0.573. The summed E-state index contributed by atoms with van der Waals surface area (Å²) in [7, 11) is 1.61. The fourth-order valence-electron chi connectivity index (χ4n) is 2.08. The van der Waals surface area contributed by atoms with Crippen LogP contribution in [0.4, 0.5) is 0 Å². The molecule has 0 fully saturated rings. The van der Waals surface area contributed by atoms with Gasteiger partial charge in [0, 0.05) is 35.2 Å². The highest BCUT2D eigenvalue weighted by atomic mass is 79.9. The molecule has 3 aromatic heterocycles. The zero-order chi connectivity index (χ0) is 13.4. The van der Waals surface area contributed by atoms with Crippen molar-refractivity contribution in [3.8, 4) is 17.1 Å². The predicted molar refractivity (Wildman–Crippen MR) is 78.3 cm³/mol. The molecule has 0 unspecified atom stereocenters. The number of nitrogens with zero attached hydrogens (tertiary/aromatic N) is 2. The lowest BCUT2D eigenvalue weighted by Crippen LogP contribution is -1.88. The van der Waals surface area contributed by atoms with Gasteiger partial charge in [-0.05, 0) is 40.5 Å². The van der Waals surface area contributed by atoms with Crippen LogP contribution in [0.3, 0.4) is 0 Å². The molecule has 0 radical (unpaired) electrons. The van der Waals surface area contributed by atoms with Gasteiger partial charge in [0.1, 0.15) is 4.47 Å². The number of H-pyrrole nitrogens is 1. The van der Waals surface area contributed by atoms with Crippen molar-refractivity contribution in [3.63, 3.8) is 0 Å². The van der Waals surface area contributed by atoms with Crippen molar-refractivity contribution in [1.29, 1.82) is 0 Å². The van der Waals surface area contributed by atoms with Gasteiger partial charge in [-0.3, -0.25) is 4.98 Å². The van der Waals surface area contributed by atoms with Gasteiger partial charge in [0.05, 0.1) is 12.6 Å². The second-order valence-corrected chi connectivity index (χ2v) is 5.08. The fourth-order valence-corrected chi connectivity index (χ4v) is 2.67. The molecule has 0 aliphatic rings. The number of halogens is 1. The first kappa shape index (κ1) is 12.2. The second-order valence-electron chi connectivity index (χ2n) is 4.29. The molecule has 4 nitrogen and oxygen atoms in total. The Hall–Kier alpha value is -1.88. The third-order valence-electron chi connectivity index (χ3n) is 3.10. The maximum absolute atomic E-state index is 5.20. The number of hydrogen-bond acceptors (Lipinski definition) is 3. The summed E-state index contributed by atoms with van der Waals surface area (Å²) in [4.78, 5) is 11.8. The van der Waals surface area contributed by atoms with Crippen LogP contribution in [0.5, 0.6) is 5.88 Å². The molecule has 0 saturated heterocycles. The van der Waals surface area contributed by atoms with Crippen LogP contribution in [0.15, 0.2) is 35.2 Å². The van der Waals surface area contributed by atoms with Gasteiger partial charge in [-0.2, -0.15) is 0 Å². The normalized spacial score (nSPS) is 10.9. The van der Waals surface area contributed by atoms with Gasteiger partial charge in [-0.1, -0.05) is 0 Å². The van der Waals surface area contributed by atoms with Crippen LogP contribution in [0, 0.1) is 6.92 Å². The largest absolute Gasteiger partial charge is 0.480 e. The molecule has 3 heterocycles. The molecular weight excluding hydrogens is 306 g/mol. The molecule has 0 spiro atoms. The summed E-state index contributed by atoms with van der Waals surface area (Å²) in [5.41, 5.74) is 4.27. The number of pyridine rings is 2. The Labute approximate surface area is 119 Å². The first-order chi connectivity index (χ1) is 9.20. The standard InChI is InChI=1S/C14H12BrN3O/c1-8-3-4-16-7-10(8)11-5-9-6-17-14(19-2)12(15)13(9)18-11/h3-7,18H,1-2H3. The zero-order valence-electron chi connectivity index (χ0n) is 10.6. The lowest BCUT2D eigenvalue weighted by molar-refractivity contribution is 0.396. The molecule has 96 valence electrons. The molecule has 0 aliphatic heterocycles. The summed E-state index contributed by atoms with van der Waals surface area (Å²) in [5, 5.41) is 1.03. The lowest BCUT2D eigenvalue weighted by atomic mass is 10.1. The van der Waals surface area contributed by atoms with Crippen molar-refractivity contribution >= 4 is 26.8 Å². The number of methoxy groups -OCH3 is 1. The number of aromatic amines is 1. The first-order valence-corrected chi connectivity index (χ1v) is 6.62. The van der Waals surface area contributed by atoms with Crippen LogP contribution in [0.25, 0.3) is 22.2 Å². The maximum Gasteiger partial charge on any atom is 0.229 e. The molecule has 3 rings (SSSR count). The summed E-state index contributed by atoms with van der Waals surface area (Å²) in [5.74, 6) is 0.573. The molecule has 1 N–H and O–H groups in total. The van der Waals surface area contributed by atoms with Crippen LogP contribution in [-0.4, -0.2) is 22.1 Å². The number of aromatic nitrogens is 3. The van der Waals surface area contributed by atoms with E-state index < -0.39 is 0 Å². The molecule has 0 amide bonds. The van der Waals surface area contributed by atoms with Crippen LogP contribution >= 0.6 is 15.9 Å². The van der Waals surface area contributed by atoms with Crippen molar-refractivity contribution in [3.05, 3.63) is 40.8 Å². The van der Waals surface area contributed by atoms with Gasteiger partial charge >= 0.3 is 0 Å². The smallest absolute Gasteiger partial charge is 0.229 e. The third-order valence-corrected chi connectivity index (χ3v) is 3.83. The number of ether oxygens (including phenoxy) is 1. The highest BCUT2D eigenvalue weighted by Crippen LogP contribution is 2.33. The van der Waals surface area contributed by atoms with Gasteiger partial charge in [-0.15, -0.1) is 0 Å². The highest BCUT2D eigenvalue weighted by molar-refractivity contribution is 9.10. The van der Waals surface area contributed by atoms with E-state index in [0.717, 1.165) is 26.6 Å². The van der Waals surface area contributed by atoms with Gasteiger partial charge in [0.25, 0.3) is 0 Å². The Balaban J connectivity index is 2.23. The van der Waals surface area contributed by atoms with Gasteiger partial charge in [0.15, 0.2) is 0 Å². The molecule has 0 aliphatic carbocycles. The number of hydrogen-bond donors (Lipinski definition) is 1. The van der Waals surface area contributed by atoms with E-state index in [1.54, 1.807) is 19.5 Å². The van der Waals surface area contributed by atoms with E-state index in [4.69, 9.17) is 4.74 Å². The van der Waals surface area contributed by atoms with Crippen LogP contribution in [0.1, 0.15) is 5.56 Å². The SMILES string of the molecule is COc1ncc2cc(-c3cnccc3C)[nH]c2c1Br. The number of rotatable bonds is 2. The van der Waals surface area contributed by atoms with Crippen molar-refractivity contribution < 1.29 is 4.74 Å². The van der Waals surface area contributed by atoms with Crippen LogP contribution < -0.4 is 4.74 Å².